The number of amides is 1. The molecule has 9 heteroatoms. The molecule has 0 aromatic heterocycles. The number of benzene rings is 1. The molecule has 6 nitrogen and oxygen atoms in total. The van der Waals surface area contributed by atoms with Crippen LogP contribution in [0, 0.1) is 5.92 Å². The van der Waals surface area contributed by atoms with Crippen LogP contribution < -0.4 is 20.7 Å². The molecule has 0 heterocycles. The van der Waals surface area contributed by atoms with E-state index in [1.807, 2.05) is 0 Å². The summed E-state index contributed by atoms with van der Waals surface area (Å²) in [4.78, 5) is 15.5. The topological polar surface area (TPSA) is 74.8 Å². The first-order valence-corrected chi connectivity index (χ1v) is 7.95. The molecule has 0 saturated heterocycles. The predicted molar refractivity (Wildman–Crippen MR) is 87.1 cm³/mol. The summed E-state index contributed by atoms with van der Waals surface area (Å²) in [5.74, 6) is 0.377. The summed E-state index contributed by atoms with van der Waals surface area (Å²) in [7, 11) is 1.55. The number of nitrogens with one attached hydrogen (secondary N) is 3. The van der Waals surface area contributed by atoms with Crippen LogP contribution in [0.3, 0.4) is 0 Å². The molecule has 3 N–H and O–H groups in total. The molecule has 0 bridgehead atoms. The summed E-state index contributed by atoms with van der Waals surface area (Å²) in [5.41, 5.74) is 0.352. The molecule has 0 atom stereocenters. The second kappa shape index (κ2) is 8.59. The molecule has 1 fully saturated rings. The van der Waals surface area contributed by atoms with Gasteiger partial charge in [0.05, 0.1) is 0 Å². The summed E-state index contributed by atoms with van der Waals surface area (Å²) in [6.07, 6.45) is -2.85. The summed E-state index contributed by atoms with van der Waals surface area (Å²) < 4.78 is 41.2. The fourth-order valence-electron chi connectivity index (χ4n) is 2.13. The Labute approximate surface area is 143 Å². The summed E-state index contributed by atoms with van der Waals surface area (Å²) in [5, 5.41) is 8.70. The molecule has 0 radical (unpaired) electrons. The quantitative estimate of drug-likeness (QED) is 0.395. The van der Waals surface area contributed by atoms with Crippen molar-refractivity contribution in [2.45, 2.75) is 25.7 Å². The Balaban J connectivity index is 1.77. The van der Waals surface area contributed by atoms with Gasteiger partial charge in [-0.1, -0.05) is 18.2 Å². The first-order valence-electron chi connectivity index (χ1n) is 7.95. The highest BCUT2D eigenvalue weighted by atomic mass is 19.4. The third-order valence-electron chi connectivity index (χ3n) is 3.53. The van der Waals surface area contributed by atoms with E-state index in [0.717, 1.165) is 12.8 Å². The largest absolute Gasteiger partial charge is 0.573 e. The molecule has 1 aromatic rings. The highest BCUT2D eigenvalue weighted by molar-refractivity contribution is 5.81. The van der Waals surface area contributed by atoms with E-state index in [1.165, 1.54) is 18.2 Å². The first kappa shape index (κ1) is 18.9. The maximum atomic E-state index is 12.4. The van der Waals surface area contributed by atoms with Crippen molar-refractivity contribution in [3.63, 3.8) is 0 Å². The average molecular weight is 358 g/mol. The van der Waals surface area contributed by atoms with Gasteiger partial charge in [0.15, 0.2) is 5.96 Å². The van der Waals surface area contributed by atoms with E-state index < -0.39 is 6.36 Å². The van der Waals surface area contributed by atoms with Gasteiger partial charge in [-0.2, -0.15) is 0 Å². The van der Waals surface area contributed by atoms with Gasteiger partial charge in [0, 0.05) is 38.2 Å². The second-order valence-electron chi connectivity index (χ2n) is 5.57. The van der Waals surface area contributed by atoms with Crippen LogP contribution in [0.15, 0.2) is 29.3 Å². The van der Waals surface area contributed by atoms with Crippen molar-refractivity contribution in [3.8, 4) is 5.75 Å². The minimum atomic E-state index is -4.74. The third kappa shape index (κ3) is 6.90. The van der Waals surface area contributed by atoms with Crippen molar-refractivity contribution >= 4 is 11.9 Å². The Morgan fingerprint density at radius 1 is 1.20 bits per heavy atom. The zero-order chi connectivity index (χ0) is 18.3. The van der Waals surface area contributed by atoms with Gasteiger partial charge in [0.2, 0.25) is 5.91 Å². The summed E-state index contributed by atoms with van der Waals surface area (Å²) >= 11 is 0. The zero-order valence-electron chi connectivity index (χ0n) is 13.8. The first-order chi connectivity index (χ1) is 11.9. The van der Waals surface area contributed by atoms with E-state index in [4.69, 9.17) is 0 Å². The fraction of sp³-hybridized carbons (Fsp3) is 0.500. The number of hydrogen-bond acceptors (Lipinski definition) is 3. The Bertz CT molecular complexity index is 616. The van der Waals surface area contributed by atoms with Gasteiger partial charge < -0.3 is 20.7 Å². The molecule has 1 amide bonds. The third-order valence-corrected chi connectivity index (χ3v) is 3.53. The van der Waals surface area contributed by atoms with Crippen molar-refractivity contribution in [2.24, 2.45) is 10.9 Å². The Hall–Kier alpha value is -2.45. The lowest BCUT2D eigenvalue weighted by Gasteiger charge is -2.15. The van der Waals surface area contributed by atoms with Crippen molar-refractivity contribution in [1.29, 1.82) is 0 Å². The molecule has 0 aliphatic heterocycles. The monoisotopic (exact) mass is 358 g/mol. The minimum absolute atomic E-state index is 0.0583. The smallest absolute Gasteiger partial charge is 0.405 e. The maximum Gasteiger partial charge on any atom is 0.573 e. The van der Waals surface area contributed by atoms with Crippen LogP contribution in [0.4, 0.5) is 13.2 Å². The van der Waals surface area contributed by atoms with Crippen molar-refractivity contribution in [2.75, 3.05) is 20.1 Å². The van der Waals surface area contributed by atoms with E-state index in [9.17, 15) is 18.0 Å². The predicted octanol–water partition coefficient (Wildman–Crippen LogP) is 1.78. The minimum Gasteiger partial charge on any atom is -0.405 e. The molecule has 0 spiro atoms. The van der Waals surface area contributed by atoms with Crippen LogP contribution in [-0.4, -0.2) is 38.4 Å². The zero-order valence-corrected chi connectivity index (χ0v) is 13.8. The van der Waals surface area contributed by atoms with Crippen LogP contribution in [0.5, 0.6) is 5.75 Å². The number of guanidine groups is 1. The molecule has 2 rings (SSSR count). The van der Waals surface area contributed by atoms with E-state index in [-0.39, 0.29) is 24.1 Å². The van der Waals surface area contributed by atoms with E-state index in [1.54, 1.807) is 13.1 Å². The molecule has 25 heavy (non-hydrogen) atoms. The SMILES string of the molecule is CN=C(NCCNC(=O)C1CC1)NCc1ccccc1OC(F)(F)F. The number of carbonyl (C=O) groups is 1. The van der Waals surface area contributed by atoms with Gasteiger partial charge in [0.1, 0.15) is 5.75 Å². The van der Waals surface area contributed by atoms with Crippen molar-refractivity contribution < 1.29 is 22.7 Å². The van der Waals surface area contributed by atoms with Crippen LogP contribution >= 0.6 is 0 Å². The number of ether oxygens (including phenoxy) is 1. The molecule has 138 valence electrons. The Kier molecular flexibility index (Phi) is 6.49. The second-order valence-corrected chi connectivity index (χ2v) is 5.57. The molecular weight excluding hydrogens is 337 g/mol. The molecular formula is C16H21F3N4O2. The standard InChI is InChI=1S/C16H21F3N4O2/c1-20-15(22-9-8-21-14(24)11-6-7-11)23-10-12-4-2-3-5-13(12)25-16(17,18)19/h2-5,11H,6-10H2,1H3,(H,21,24)(H2,20,22,23). The molecule has 1 aliphatic rings. The highest BCUT2D eigenvalue weighted by Gasteiger charge is 2.32. The van der Waals surface area contributed by atoms with Gasteiger partial charge in [-0.3, -0.25) is 9.79 Å². The lowest BCUT2D eigenvalue weighted by atomic mass is 10.2. The lowest BCUT2D eigenvalue weighted by molar-refractivity contribution is -0.274. The number of alkyl halides is 3. The van der Waals surface area contributed by atoms with Crippen LogP contribution in [-0.2, 0) is 11.3 Å². The molecule has 1 aliphatic carbocycles. The maximum absolute atomic E-state index is 12.4. The summed E-state index contributed by atoms with van der Waals surface area (Å²) in [6, 6.07) is 5.90. The highest BCUT2D eigenvalue weighted by Crippen LogP contribution is 2.28. The van der Waals surface area contributed by atoms with Gasteiger partial charge >= 0.3 is 6.36 Å². The van der Waals surface area contributed by atoms with Gasteiger partial charge in [-0.15, -0.1) is 13.2 Å². The van der Waals surface area contributed by atoms with Gasteiger partial charge in [-0.25, -0.2) is 0 Å². The van der Waals surface area contributed by atoms with Crippen molar-refractivity contribution in [3.05, 3.63) is 29.8 Å². The molecule has 0 unspecified atom stereocenters. The number of carbonyl (C=O) groups excluding carboxylic acids is 1. The van der Waals surface area contributed by atoms with Gasteiger partial charge in [0.25, 0.3) is 0 Å². The average Bonchev–Trinajstić information content (AvgIpc) is 3.39. The Morgan fingerprint density at radius 2 is 1.88 bits per heavy atom. The fourth-order valence-corrected chi connectivity index (χ4v) is 2.13. The molecule has 1 aromatic carbocycles. The number of para-hydroxylation sites is 1. The van der Waals surface area contributed by atoms with Crippen molar-refractivity contribution in [1.82, 2.24) is 16.0 Å². The van der Waals surface area contributed by atoms with Crippen LogP contribution in [0.2, 0.25) is 0 Å². The van der Waals surface area contributed by atoms with E-state index in [0.29, 0.717) is 24.6 Å². The molecule has 1 saturated carbocycles. The lowest BCUT2D eigenvalue weighted by Crippen LogP contribution is -2.41. The number of rotatable bonds is 7. The van der Waals surface area contributed by atoms with Crippen LogP contribution in [0.1, 0.15) is 18.4 Å². The number of aliphatic imine (C=N–C) groups is 1. The normalized spacial score (nSPS) is 14.8. The van der Waals surface area contributed by atoms with E-state index >= 15 is 0 Å². The van der Waals surface area contributed by atoms with Crippen LogP contribution in [0.25, 0.3) is 0 Å². The van der Waals surface area contributed by atoms with Gasteiger partial charge in [-0.05, 0) is 18.9 Å². The Morgan fingerprint density at radius 3 is 2.52 bits per heavy atom. The van der Waals surface area contributed by atoms with E-state index in [2.05, 4.69) is 25.7 Å². The number of hydrogen-bond donors (Lipinski definition) is 3. The summed E-state index contributed by atoms with van der Waals surface area (Å²) in [6.45, 7) is 1.02. The number of halogens is 3. The number of nitrogens with zero attached hydrogens (tertiary/aromatic N) is 1.